The van der Waals surface area contributed by atoms with Gasteiger partial charge in [-0.3, -0.25) is 9.05 Å². The molecule has 1 atom stereocenters. The molecule has 0 radical (unpaired) electrons. The molecule has 0 aromatic rings. The van der Waals surface area contributed by atoms with Gasteiger partial charge in [0.15, 0.2) is 0 Å². The molecule has 1 unspecified atom stereocenters. The topological polar surface area (TPSA) is 44.8 Å². The van der Waals surface area contributed by atoms with Gasteiger partial charge in [-0.1, -0.05) is 6.92 Å². The highest BCUT2D eigenvalue weighted by molar-refractivity contribution is 7.48. The van der Waals surface area contributed by atoms with Gasteiger partial charge in [0.1, 0.15) is 6.42 Å². The van der Waals surface area contributed by atoms with Crippen LogP contribution >= 0.6 is 7.82 Å². The Bertz CT molecular complexity index is 372. The van der Waals surface area contributed by atoms with E-state index in [0.29, 0.717) is 0 Å². The van der Waals surface area contributed by atoms with Crippen LogP contribution < -0.4 is 0 Å². The maximum Gasteiger partial charge on any atom is 0.479 e. The summed E-state index contributed by atoms with van der Waals surface area (Å²) >= 11 is 0. The Balaban J connectivity index is 5.15. The van der Waals surface area contributed by atoms with E-state index in [9.17, 15) is 35.3 Å². The van der Waals surface area contributed by atoms with Crippen molar-refractivity contribution in [1.29, 1.82) is 0 Å². The molecular formula is C9H14F7O4P. The van der Waals surface area contributed by atoms with E-state index in [2.05, 4.69) is 13.6 Å². The van der Waals surface area contributed by atoms with Crippen LogP contribution in [0.5, 0.6) is 0 Å². The molecule has 0 saturated carbocycles. The molecule has 0 rings (SSSR count). The summed E-state index contributed by atoms with van der Waals surface area (Å²) in [6, 6.07) is 0. The van der Waals surface area contributed by atoms with E-state index in [-0.39, 0.29) is 6.42 Å². The molecule has 0 N–H and O–H groups in total. The Kier molecular flexibility index (Phi) is 7.12. The Morgan fingerprint density at radius 3 is 1.86 bits per heavy atom. The minimum atomic E-state index is -5.68. The first kappa shape index (κ1) is 20.6. The van der Waals surface area contributed by atoms with E-state index in [0.717, 1.165) is 0 Å². The highest BCUT2D eigenvalue weighted by Gasteiger charge is 2.65. The number of phosphoric acid groups is 1. The van der Waals surface area contributed by atoms with Crippen LogP contribution in [0.15, 0.2) is 0 Å². The van der Waals surface area contributed by atoms with Gasteiger partial charge in [0.05, 0.1) is 13.2 Å². The third kappa shape index (κ3) is 6.94. The number of phosphoric ester groups is 1. The molecule has 0 saturated heterocycles. The smallest absolute Gasteiger partial charge is 0.287 e. The highest BCUT2D eigenvalue weighted by Crippen LogP contribution is 2.57. The summed E-state index contributed by atoms with van der Waals surface area (Å²) in [5, 5.41) is 0. The lowest BCUT2D eigenvalue weighted by atomic mass is 10.2. The van der Waals surface area contributed by atoms with Crippen molar-refractivity contribution in [3.63, 3.8) is 0 Å². The molecule has 0 heterocycles. The van der Waals surface area contributed by atoms with Crippen molar-refractivity contribution in [3.05, 3.63) is 0 Å². The first-order chi connectivity index (χ1) is 9.29. The largest absolute Gasteiger partial charge is 0.479 e. The maximum atomic E-state index is 13.2. The Morgan fingerprint density at radius 2 is 1.48 bits per heavy atom. The van der Waals surface area contributed by atoms with E-state index in [1.165, 1.54) is 13.8 Å². The molecule has 21 heavy (non-hydrogen) atoms. The van der Waals surface area contributed by atoms with Crippen molar-refractivity contribution in [1.82, 2.24) is 0 Å². The normalized spacial score (nSPS) is 16.8. The van der Waals surface area contributed by atoms with Crippen LogP contribution in [-0.2, 0) is 18.1 Å². The number of rotatable bonds is 9. The fourth-order valence-corrected chi connectivity index (χ4v) is 2.33. The van der Waals surface area contributed by atoms with E-state index < -0.39 is 45.7 Å². The quantitative estimate of drug-likeness (QED) is 0.444. The minimum Gasteiger partial charge on any atom is -0.287 e. The fourth-order valence-electron chi connectivity index (χ4n) is 1.01. The van der Waals surface area contributed by atoms with Crippen molar-refractivity contribution in [2.24, 2.45) is 0 Å². The van der Waals surface area contributed by atoms with Crippen LogP contribution in [0.3, 0.4) is 0 Å². The summed E-state index contributed by atoms with van der Waals surface area (Å²) in [5.74, 6) is -5.63. The summed E-state index contributed by atoms with van der Waals surface area (Å²) in [6.07, 6.45) is -14.2. The van der Waals surface area contributed by atoms with Gasteiger partial charge in [0.2, 0.25) is 0 Å². The van der Waals surface area contributed by atoms with E-state index >= 15 is 0 Å². The molecule has 0 fully saturated rings. The van der Waals surface area contributed by atoms with Crippen molar-refractivity contribution in [3.8, 4) is 0 Å². The molecule has 0 aliphatic heterocycles. The minimum absolute atomic E-state index is 0.158. The van der Waals surface area contributed by atoms with E-state index in [1.54, 1.807) is 0 Å². The number of alkyl halides is 7. The van der Waals surface area contributed by atoms with Crippen molar-refractivity contribution < 1.29 is 48.9 Å². The highest BCUT2D eigenvalue weighted by atomic mass is 31.2. The average molecular weight is 350 g/mol. The molecule has 0 amide bonds. The molecule has 4 nitrogen and oxygen atoms in total. The molecule has 12 heteroatoms. The molecular weight excluding hydrogens is 336 g/mol. The second-order valence-electron chi connectivity index (χ2n) is 3.80. The lowest BCUT2D eigenvalue weighted by Gasteiger charge is -2.29. The lowest BCUT2D eigenvalue weighted by molar-refractivity contribution is -0.339. The molecule has 128 valence electrons. The van der Waals surface area contributed by atoms with Crippen LogP contribution in [0.1, 0.15) is 26.7 Å². The van der Waals surface area contributed by atoms with Gasteiger partial charge in [-0.2, -0.15) is 30.7 Å². The Labute approximate surface area is 116 Å². The van der Waals surface area contributed by atoms with E-state index in [4.69, 9.17) is 0 Å². The first-order valence-electron chi connectivity index (χ1n) is 5.71. The second-order valence-corrected chi connectivity index (χ2v) is 5.40. The summed E-state index contributed by atoms with van der Waals surface area (Å²) < 4.78 is 111. The van der Waals surface area contributed by atoms with Gasteiger partial charge >= 0.3 is 26.0 Å². The average Bonchev–Trinajstić information content (AvgIpc) is 2.22. The summed E-state index contributed by atoms with van der Waals surface area (Å²) in [5.41, 5.74) is 0. The summed E-state index contributed by atoms with van der Waals surface area (Å²) in [6.45, 7) is 1.73. The second kappa shape index (κ2) is 7.26. The molecule has 0 bridgehead atoms. The van der Waals surface area contributed by atoms with Crippen LogP contribution in [0, 0.1) is 0 Å². The third-order valence-electron chi connectivity index (χ3n) is 1.82. The number of hydrogen-bond donors (Lipinski definition) is 0. The van der Waals surface area contributed by atoms with Crippen LogP contribution in [0.25, 0.3) is 0 Å². The number of halogens is 7. The van der Waals surface area contributed by atoms with Gasteiger partial charge in [-0.25, -0.2) is 9.09 Å². The SMILES string of the molecule is CCCOP(=O)(OCC)OC(F)(F)C(F)(F)CC(F)(F)F. The van der Waals surface area contributed by atoms with Crippen LogP contribution in [0.2, 0.25) is 0 Å². The molecule has 0 spiro atoms. The van der Waals surface area contributed by atoms with Crippen molar-refractivity contribution >= 4 is 7.82 Å². The van der Waals surface area contributed by atoms with Gasteiger partial charge in [-0.15, -0.1) is 0 Å². The zero-order valence-electron chi connectivity index (χ0n) is 11.1. The standard InChI is InChI=1S/C9H14F7O4P/c1-3-5-19-21(17,18-4-2)20-9(15,16)7(10,11)6-8(12,13)14/h3-6H2,1-2H3. The lowest BCUT2D eigenvalue weighted by Crippen LogP contribution is -2.45. The first-order valence-corrected chi connectivity index (χ1v) is 7.17. The van der Waals surface area contributed by atoms with Crippen LogP contribution in [-0.4, -0.2) is 31.4 Å². The molecule has 0 aromatic heterocycles. The Hall–Kier alpha value is -0.380. The van der Waals surface area contributed by atoms with Gasteiger partial charge in [0, 0.05) is 0 Å². The molecule has 0 aliphatic carbocycles. The fraction of sp³-hybridized carbons (Fsp3) is 1.00. The Morgan fingerprint density at radius 1 is 0.952 bits per heavy atom. The monoisotopic (exact) mass is 350 g/mol. The van der Waals surface area contributed by atoms with Crippen molar-refractivity contribution in [2.75, 3.05) is 13.2 Å². The molecule has 0 aromatic carbocycles. The maximum absolute atomic E-state index is 13.2. The number of hydrogen-bond acceptors (Lipinski definition) is 4. The third-order valence-corrected chi connectivity index (χ3v) is 3.34. The van der Waals surface area contributed by atoms with Gasteiger partial charge < -0.3 is 0 Å². The predicted octanol–water partition coefficient (Wildman–Crippen LogP) is 4.75. The summed E-state index contributed by atoms with van der Waals surface area (Å²) in [7, 11) is -5.12. The zero-order chi connectivity index (χ0) is 16.9. The zero-order valence-corrected chi connectivity index (χ0v) is 11.9. The van der Waals surface area contributed by atoms with Gasteiger partial charge in [-0.05, 0) is 13.3 Å². The predicted molar refractivity (Wildman–Crippen MR) is 57.1 cm³/mol. The van der Waals surface area contributed by atoms with E-state index in [1.807, 2.05) is 0 Å². The van der Waals surface area contributed by atoms with Crippen LogP contribution in [0.4, 0.5) is 30.7 Å². The van der Waals surface area contributed by atoms with Crippen molar-refractivity contribution in [2.45, 2.75) is 44.9 Å². The molecule has 0 aliphatic rings. The van der Waals surface area contributed by atoms with Gasteiger partial charge in [0.25, 0.3) is 0 Å². The summed E-state index contributed by atoms with van der Waals surface area (Å²) in [4.78, 5) is 0.